The van der Waals surface area contributed by atoms with Crippen molar-refractivity contribution in [2.45, 2.75) is 38.9 Å². The van der Waals surface area contributed by atoms with Gasteiger partial charge >= 0.3 is 0 Å². The molecular formula is C32H29B. The Hall–Kier alpha value is -3.32. The molecule has 33 heavy (non-hydrogen) atoms. The van der Waals surface area contributed by atoms with E-state index in [1.54, 1.807) is 0 Å². The molecule has 5 aromatic carbocycles. The first-order valence-corrected chi connectivity index (χ1v) is 12.0. The van der Waals surface area contributed by atoms with Gasteiger partial charge in [0.15, 0.2) is 0 Å². The highest BCUT2D eigenvalue weighted by atomic mass is 14.2. The number of hydrogen-bond acceptors (Lipinski definition) is 0. The lowest BCUT2D eigenvalue weighted by Gasteiger charge is -2.30. The van der Waals surface area contributed by atoms with E-state index in [9.17, 15) is 0 Å². The van der Waals surface area contributed by atoms with Crippen LogP contribution in [-0.2, 0) is 5.31 Å². The molecule has 5 aromatic rings. The highest BCUT2D eigenvalue weighted by Gasteiger charge is 2.23. The van der Waals surface area contributed by atoms with Gasteiger partial charge in [0.05, 0.1) is 7.85 Å². The van der Waals surface area contributed by atoms with Crippen molar-refractivity contribution in [1.82, 2.24) is 0 Å². The van der Waals surface area contributed by atoms with Gasteiger partial charge in [0, 0.05) is 0 Å². The van der Waals surface area contributed by atoms with Crippen molar-refractivity contribution < 1.29 is 0 Å². The molecule has 160 valence electrons. The fourth-order valence-corrected chi connectivity index (χ4v) is 5.27. The van der Waals surface area contributed by atoms with Crippen LogP contribution < -0.4 is 0 Å². The molecule has 5 rings (SSSR count). The number of benzene rings is 5. The molecule has 1 heteroatoms. The number of fused-ring (bicyclic) bond motifs is 2. The topological polar surface area (TPSA) is 0 Å². The smallest absolute Gasteiger partial charge is 0.0653 e. The molecule has 2 radical (unpaired) electrons. The molecule has 0 unspecified atom stereocenters. The van der Waals surface area contributed by atoms with E-state index in [-0.39, 0.29) is 5.31 Å². The first kappa shape index (κ1) is 21.5. The Morgan fingerprint density at radius 3 is 1.88 bits per heavy atom. The Morgan fingerprint density at radius 2 is 1.18 bits per heavy atom. The molecule has 0 aliphatic carbocycles. The molecule has 0 aromatic heterocycles. The molecule has 0 saturated heterocycles. The second kappa shape index (κ2) is 8.56. The highest BCUT2D eigenvalue weighted by Crippen LogP contribution is 2.39. The van der Waals surface area contributed by atoms with Gasteiger partial charge in [-0.3, -0.25) is 0 Å². The van der Waals surface area contributed by atoms with Gasteiger partial charge in [-0.15, -0.1) is 0 Å². The molecule has 0 atom stereocenters. The molecule has 0 fully saturated rings. The standard InChI is InChI=1S/C32H29B/c1-4-32(33,5-2)31-20-17-24(21-22(31)3)26-18-19-30(29-15-9-8-14-27(26)29)28-16-10-12-23-11-6-7-13-25(23)28/h6-21H,4-5H2,1-3H3. The lowest BCUT2D eigenvalue weighted by Crippen LogP contribution is -2.25. The summed E-state index contributed by atoms with van der Waals surface area (Å²) < 4.78 is 0. The first-order valence-electron chi connectivity index (χ1n) is 12.0. The van der Waals surface area contributed by atoms with Gasteiger partial charge in [0.2, 0.25) is 0 Å². The molecule has 0 spiro atoms. The van der Waals surface area contributed by atoms with Crippen molar-refractivity contribution in [1.29, 1.82) is 0 Å². The minimum Gasteiger partial charge on any atom is -0.0653 e. The molecule has 0 saturated carbocycles. The van der Waals surface area contributed by atoms with Crippen LogP contribution in [0.2, 0.25) is 0 Å². The Labute approximate surface area is 198 Å². The third-order valence-electron chi connectivity index (χ3n) is 7.34. The Bertz CT molecular complexity index is 1450. The maximum atomic E-state index is 6.73. The summed E-state index contributed by atoms with van der Waals surface area (Å²) in [7, 11) is 6.73. The van der Waals surface area contributed by atoms with E-state index in [0.29, 0.717) is 0 Å². The third-order valence-corrected chi connectivity index (χ3v) is 7.34. The summed E-state index contributed by atoms with van der Waals surface area (Å²) in [6.45, 7) is 6.55. The van der Waals surface area contributed by atoms with Crippen LogP contribution in [-0.4, -0.2) is 7.85 Å². The number of aryl methyl sites for hydroxylation is 1. The minimum atomic E-state index is -0.261. The van der Waals surface area contributed by atoms with Crippen molar-refractivity contribution in [3.8, 4) is 22.3 Å². The predicted molar refractivity (Wildman–Crippen MR) is 145 cm³/mol. The summed E-state index contributed by atoms with van der Waals surface area (Å²) in [5.41, 5.74) is 7.58. The van der Waals surface area contributed by atoms with Crippen LogP contribution in [0.1, 0.15) is 37.8 Å². The average molecular weight is 424 g/mol. The lowest BCUT2D eigenvalue weighted by atomic mass is 9.60. The van der Waals surface area contributed by atoms with Crippen LogP contribution in [0.4, 0.5) is 0 Å². The molecule has 0 bridgehead atoms. The number of hydrogen-bond donors (Lipinski definition) is 0. The molecule has 0 heterocycles. The van der Waals surface area contributed by atoms with E-state index in [2.05, 4.69) is 118 Å². The largest absolute Gasteiger partial charge is 0.0810 e. The molecule has 0 nitrogen and oxygen atoms in total. The fraction of sp³-hybridized carbons (Fsp3) is 0.188. The lowest BCUT2D eigenvalue weighted by molar-refractivity contribution is 0.562. The van der Waals surface area contributed by atoms with Crippen molar-refractivity contribution in [3.63, 3.8) is 0 Å². The van der Waals surface area contributed by atoms with E-state index in [0.717, 1.165) is 12.8 Å². The third kappa shape index (κ3) is 3.66. The summed E-state index contributed by atoms with van der Waals surface area (Å²) in [5, 5.41) is 4.86. The SMILES string of the molecule is [B]C(CC)(CC)c1ccc(-c2ccc(-c3cccc4ccccc34)c3ccccc23)cc1C. The van der Waals surface area contributed by atoms with Crippen LogP contribution in [0.5, 0.6) is 0 Å². The summed E-state index contributed by atoms with van der Waals surface area (Å²) in [4.78, 5) is 0. The number of rotatable bonds is 5. The molecule has 0 aliphatic rings. The van der Waals surface area contributed by atoms with E-state index < -0.39 is 0 Å². The van der Waals surface area contributed by atoms with E-state index in [1.807, 2.05) is 0 Å². The van der Waals surface area contributed by atoms with Crippen LogP contribution in [0.3, 0.4) is 0 Å². The normalized spacial score (nSPS) is 11.8. The van der Waals surface area contributed by atoms with Gasteiger partial charge in [-0.1, -0.05) is 124 Å². The van der Waals surface area contributed by atoms with Gasteiger partial charge in [0.25, 0.3) is 0 Å². The minimum absolute atomic E-state index is 0.261. The zero-order chi connectivity index (χ0) is 23.0. The van der Waals surface area contributed by atoms with Crippen LogP contribution in [0, 0.1) is 6.92 Å². The fourth-order valence-electron chi connectivity index (χ4n) is 5.27. The van der Waals surface area contributed by atoms with Crippen molar-refractivity contribution >= 4 is 29.4 Å². The van der Waals surface area contributed by atoms with Crippen molar-refractivity contribution in [2.75, 3.05) is 0 Å². The van der Waals surface area contributed by atoms with Crippen molar-refractivity contribution in [2.24, 2.45) is 0 Å². The predicted octanol–water partition coefficient (Wildman–Crippen LogP) is 8.82. The average Bonchev–Trinajstić information content (AvgIpc) is 2.87. The van der Waals surface area contributed by atoms with Crippen LogP contribution >= 0.6 is 0 Å². The molecule has 0 amide bonds. The van der Waals surface area contributed by atoms with E-state index in [4.69, 9.17) is 7.85 Å². The quantitative estimate of drug-likeness (QED) is 0.247. The van der Waals surface area contributed by atoms with Crippen LogP contribution in [0.25, 0.3) is 43.8 Å². The van der Waals surface area contributed by atoms with Crippen molar-refractivity contribution in [3.05, 3.63) is 108 Å². The van der Waals surface area contributed by atoms with E-state index >= 15 is 0 Å². The second-order valence-electron chi connectivity index (χ2n) is 9.13. The van der Waals surface area contributed by atoms with E-state index in [1.165, 1.54) is 54.9 Å². The molecule has 0 aliphatic heterocycles. The Kier molecular flexibility index (Phi) is 5.58. The maximum Gasteiger partial charge on any atom is 0.0810 e. The summed E-state index contributed by atoms with van der Waals surface area (Å²) >= 11 is 0. The first-order chi connectivity index (χ1) is 16.1. The molecule has 0 N–H and O–H groups in total. The van der Waals surface area contributed by atoms with Crippen LogP contribution in [0.15, 0.2) is 97.1 Å². The van der Waals surface area contributed by atoms with Gasteiger partial charge < -0.3 is 0 Å². The molecular weight excluding hydrogens is 395 g/mol. The van der Waals surface area contributed by atoms with Gasteiger partial charge in [-0.2, -0.15) is 0 Å². The second-order valence-corrected chi connectivity index (χ2v) is 9.13. The zero-order valence-corrected chi connectivity index (χ0v) is 19.7. The summed E-state index contributed by atoms with van der Waals surface area (Å²) in [6, 6.07) is 35.3. The monoisotopic (exact) mass is 424 g/mol. The Morgan fingerprint density at radius 1 is 0.606 bits per heavy atom. The van der Waals surface area contributed by atoms with Gasteiger partial charge in [-0.05, 0) is 67.2 Å². The Balaban J connectivity index is 1.69. The summed E-state index contributed by atoms with van der Waals surface area (Å²) in [5.74, 6) is 0. The van der Waals surface area contributed by atoms with Gasteiger partial charge in [-0.25, -0.2) is 0 Å². The highest BCUT2D eigenvalue weighted by molar-refractivity contribution is 6.16. The summed E-state index contributed by atoms with van der Waals surface area (Å²) in [6.07, 6.45) is 1.87. The van der Waals surface area contributed by atoms with Gasteiger partial charge in [0.1, 0.15) is 0 Å². The maximum absolute atomic E-state index is 6.73. The zero-order valence-electron chi connectivity index (χ0n) is 19.7.